The zero-order valence-electron chi connectivity index (χ0n) is 16.7. The highest BCUT2D eigenvalue weighted by Gasteiger charge is 2.21. The molecule has 0 radical (unpaired) electrons. The molecule has 1 aliphatic heterocycles. The van der Waals surface area contributed by atoms with Crippen molar-refractivity contribution in [2.24, 2.45) is 0 Å². The summed E-state index contributed by atoms with van der Waals surface area (Å²) in [5, 5.41) is 0.786. The van der Waals surface area contributed by atoms with Crippen molar-refractivity contribution in [3.05, 3.63) is 41.0 Å². The molecule has 1 saturated heterocycles. The van der Waals surface area contributed by atoms with E-state index < -0.39 is 0 Å². The van der Waals surface area contributed by atoms with Crippen molar-refractivity contribution in [2.75, 3.05) is 54.0 Å². The lowest BCUT2D eigenvalue weighted by Crippen LogP contribution is -2.47. The van der Waals surface area contributed by atoms with E-state index in [9.17, 15) is 0 Å². The van der Waals surface area contributed by atoms with Crippen molar-refractivity contribution in [1.29, 1.82) is 0 Å². The van der Waals surface area contributed by atoms with Gasteiger partial charge in [-0.25, -0.2) is 4.98 Å². The summed E-state index contributed by atoms with van der Waals surface area (Å²) in [4.78, 5) is 16.7. The van der Waals surface area contributed by atoms with Crippen LogP contribution >= 0.6 is 11.6 Å². The Morgan fingerprint density at radius 3 is 2.26 bits per heavy atom. The van der Waals surface area contributed by atoms with E-state index in [0.29, 0.717) is 0 Å². The fourth-order valence-corrected chi connectivity index (χ4v) is 3.74. The Hall–Kier alpha value is -2.01. The Morgan fingerprint density at radius 1 is 0.963 bits per heavy atom. The molecule has 1 fully saturated rings. The van der Waals surface area contributed by atoms with Gasteiger partial charge in [0.1, 0.15) is 5.82 Å². The smallest absolute Gasteiger partial charge is 0.227 e. The van der Waals surface area contributed by atoms with Crippen LogP contribution < -0.4 is 14.7 Å². The minimum Gasteiger partial charge on any atom is -0.368 e. The molecule has 6 heteroatoms. The molecule has 1 aliphatic rings. The second kappa shape index (κ2) is 9.27. The summed E-state index contributed by atoms with van der Waals surface area (Å²) in [6.07, 6.45) is 2.24. The van der Waals surface area contributed by atoms with E-state index in [1.807, 2.05) is 18.2 Å². The number of aryl methyl sites for hydroxylation is 1. The summed E-state index contributed by atoms with van der Waals surface area (Å²) in [6.45, 7) is 12.3. The molecule has 1 aromatic heterocycles. The van der Waals surface area contributed by atoms with Crippen LogP contribution in [0.2, 0.25) is 5.02 Å². The normalized spacial score (nSPS) is 14.5. The number of rotatable bonds is 7. The quantitative estimate of drug-likeness (QED) is 0.704. The molecule has 0 saturated carbocycles. The van der Waals surface area contributed by atoms with Crippen molar-refractivity contribution in [3.63, 3.8) is 0 Å². The highest BCUT2D eigenvalue weighted by atomic mass is 35.5. The Labute approximate surface area is 168 Å². The summed E-state index contributed by atoms with van der Waals surface area (Å²) < 4.78 is 0. The predicted octanol–water partition coefficient (Wildman–Crippen LogP) is 4.39. The highest BCUT2D eigenvalue weighted by Crippen LogP contribution is 2.23. The molecule has 0 unspecified atom stereocenters. The molecular weight excluding hydrogens is 358 g/mol. The van der Waals surface area contributed by atoms with Gasteiger partial charge in [-0.2, -0.15) is 4.98 Å². The number of hydrogen-bond acceptors (Lipinski definition) is 5. The lowest BCUT2D eigenvalue weighted by atomic mass is 10.2. The van der Waals surface area contributed by atoms with E-state index in [2.05, 4.69) is 47.6 Å². The molecule has 0 aliphatic carbocycles. The topological polar surface area (TPSA) is 35.5 Å². The van der Waals surface area contributed by atoms with Crippen molar-refractivity contribution in [1.82, 2.24) is 9.97 Å². The number of benzene rings is 1. The van der Waals surface area contributed by atoms with Gasteiger partial charge in [-0.1, -0.05) is 31.5 Å². The third kappa shape index (κ3) is 5.04. The van der Waals surface area contributed by atoms with Gasteiger partial charge in [0, 0.05) is 61.7 Å². The van der Waals surface area contributed by atoms with Gasteiger partial charge in [0.05, 0.1) is 0 Å². The number of anilines is 3. The van der Waals surface area contributed by atoms with E-state index in [0.717, 1.165) is 74.6 Å². The molecule has 1 aromatic carbocycles. The zero-order chi connectivity index (χ0) is 19.2. The highest BCUT2D eigenvalue weighted by molar-refractivity contribution is 6.30. The molecule has 0 spiro atoms. The van der Waals surface area contributed by atoms with E-state index in [4.69, 9.17) is 21.6 Å². The molecule has 2 heterocycles. The third-order valence-electron chi connectivity index (χ3n) is 4.88. The molecular formula is C21H30ClN5. The van der Waals surface area contributed by atoms with E-state index >= 15 is 0 Å². The molecule has 0 amide bonds. The molecule has 5 nitrogen and oxygen atoms in total. The summed E-state index contributed by atoms with van der Waals surface area (Å²) in [7, 11) is 0. The first-order chi connectivity index (χ1) is 13.1. The maximum absolute atomic E-state index is 6.14. The van der Waals surface area contributed by atoms with Crippen LogP contribution in [-0.4, -0.2) is 49.2 Å². The van der Waals surface area contributed by atoms with Crippen molar-refractivity contribution >= 4 is 29.1 Å². The van der Waals surface area contributed by atoms with Gasteiger partial charge in [0.2, 0.25) is 5.95 Å². The Kier molecular flexibility index (Phi) is 6.78. The molecule has 146 valence electrons. The van der Waals surface area contributed by atoms with Crippen LogP contribution in [0.4, 0.5) is 17.5 Å². The minimum atomic E-state index is 0.786. The van der Waals surface area contributed by atoms with Gasteiger partial charge >= 0.3 is 0 Å². The van der Waals surface area contributed by atoms with Gasteiger partial charge in [-0.15, -0.1) is 0 Å². The molecule has 0 bridgehead atoms. The second-order valence-corrected chi connectivity index (χ2v) is 7.54. The van der Waals surface area contributed by atoms with Crippen LogP contribution in [0.25, 0.3) is 0 Å². The first kappa shape index (κ1) is 19.7. The van der Waals surface area contributed by atoms with Gasteiger partial charge in [0.15, 0.2) is 0 Å². The van der Waals surface area contributed by atoms with Crippen molar-refractivity contribution in [2.45, 2.75) is 33.6 Å². The van der Waals surface area contributed by atoms with Crippen LogP contribution in [0.15, 0.2) is 30.3 Å². The Balaban J connectivity index is 1.72. The maximum atomic E-state index is 6.14. The monoisotopic (exact) mass is 387 g/mol. The van der Waals surface area contributed by atoms with Gasteiger partial charge in [0.25, 0.3) is 0 Å². The summed E-state index contributed by atoms with van der Waals surface area (Å²) >= 11 is 6.14. The van der Waals surface area contributed by atoms with Gasteiger partial charge in [-0.05, 0) is 38.0 Å². The molecule has 0 atom stereocenters. The number of hydrogen-bond donors (Lipinski definition) is 0. The summed E-state index contributed by atoms with van der Waals surface area (Å²) in [5.74, 6) is 1.91. The summed E-state index contributed by atoms with van der Waals surface area (Å²) in [5.41, 5.74) is 2.22. The first-order valence-electron chi connectivity index (χ1n) is 9.96. The fourth-order valence-electron chi connectivity index (χ4n) is 3.56. The largest absolute Gasteiger partial charge is 0.368 e. The lowest BCUT2D eigenvalue weighted by molar-refractivity contribution is 0.637. The second-order valence-electron chi connectivity index (χ2n) is 7.11. The first-order valence-corrected chi connectivity index (χ1v) is 10.3. The number of halogens is 1. The van der Waals surface area contributed by atoms with E-state index in [1.54, 1.807) is 0 Å². The van der Waals surface area contributed by atoms with Gasteiger partial charge < -0.3 is 14.7 Å². The van der Waals surface area contributed by atoms with Crippen LogP contribution in [0.5, 0.6) is 0 Å². The Morgan fingerprint density at radius 2 is 1.63 bits per heavy atom. The number of piperazine rings is 1. The van der Waals surface area contributed by atoms with Gasteiger partial charge in [-0.3, -0.25) is 0 Å². The van der Waals surface area contributed by atoms with E-state index in [-0.39, 0.29) is 0 Å². The fraction of sp³-hybridized carbons (Fsp3) is 0.524. The maximum Gasteiger partial charge on any atom is 0.227 e. The zero-order valence-corrected chi connectivity index (χ0v) is 17.4. The minimum absolute atomic E-state index is 0.786. The van der Waals surface area contributed by atoms with Crippen molar-refractivity contribution < 1.29 is 0 Å². The molecule has 2 aromatic rings. The van der Waals surface area contributed by atoms with E-state index in [1.165, 1.54) is 5.69 Å². The SMILES string of the molecule is CCCN(CCC)c1cc(C)nc(N2CCN(c3cccc(Cl)c3)CC2)n1. The van der Waals surface area contributed by atoms with Crippen LogP contribution in [-0.2, 0) is 0 Å². The lowest BCUT2D eigenvalue weighted by Gasteiger charge is -2.36. The number of nitrogens with zero attached hydrogens (tertiary/aromatic N) is 5. The van der Waals surface area contributed by atoms with Crippen LogP contribution in [0.1, 0.15) is 32.4 Å². The predicted molar refractivity (Wildman–Crippen MR) is 115 cm³/mol. The summed E-state index contributed by atoms with van der Waals surface area (Å²) in [6, 6.07) is 10.2. The van der Waals surface area contributed by atoms with Crippen molar-refractivity contribution in [3.8, 4) is 0 Å². The van der Waals surface area contributed by atoms with Crippen LogP contribution in [0.3, 0.4) is 0 Å². The average Bonchev–Trinajstić information content (AvgIpc) is 2.67. The molecule has 3 rings (SSSR count). The molecule has 27 heavy (non-hydrogen) atoms. The number of aromatic nitrogens is 2. The molecule has 0 N–H and O–H groups in total. The Bertz CT molecular complexity index is 737. The van der Waals surface area contributed by atoms with Crippen LogP contribution in [0, 0.1) is 6.92 Å². The average molecular weight is 388 g/mol. The standard InChI is InChI=1S/C21H30ClN5/c1-4-9-26(10-5-2)20-15-17(3)23-21(24-20)27-13-11-25(12-14-27)19-8-6-7-18(22)16-19/h6-8,15-16H,4-5,9-14H2,1-3H3. The third-order valence-corrected chi connectivity index (χ3v) is 5.11.